The maximum absolute atomic E-state index is 12.3. The number of sulfonamides is 1. The number of hydrogen-bond donors (Lipinski definition) is 0. The third-order valence-electron chi connectivity index (χ3n) is 5.13. The molecule has 1 fully saturated rings. The molecule has 0 aromatic heterocycles. The van der Waals surface area contributed by atoms with E-state index in [2.05, 4.69) is 25.7 Å². The summed E-state index contributed by atoms with van der Waals surface area (Å²) in [4.78, 5) is 2.85. The van der Waals surface area contributed by atoms with Crippen LogP contribution in [0.15, 0.2) is 29.2 Å². The van der Waals surface area contributed by atoms with Gasteiger partial charge in [0, 0.05) is 20.6 Å². The Hall–Kier alpha value is -0.910. The van der Waals surface area contributed by atoms with E-state index < -0.39 is 10.0 Å². The Labute approximate surface area is 147 Å². The van der Waals surface area contributed by atoms with Gasteiger partial charge in [-0.15, -0.1) is 0 Å². The van der Waals surface area contributed by atoms with Crippen molar-refractivity contribution in [2.24, 2.45) is 11.3 Å². The van der Waals surface area contributed by atoms with Crippen molar-refractivity contribution in [3.63, 3.8) is 0 Å². The van der Waals surface area contributed by atoms with Crippen LogP contribution in [-0.2, 0) is 16.6 Å². The zero-order valence-electron chi connectivity index (χ0n) is 15.7. The van der Waals surface area contributed by atoms with Crippen molar-refractivity contribution in [3.8, 4) is 0 Å². The highest BCUT2D eigenvalue weighted by molar-refractivity contribution is 7.89. The standard InChI is InChI=1S/C19H32N2O2S/c1-19(2,3)17-9-7-12-21(13-11-17)15-16-8-6-10-18(14-16)24(22,23)20(4)5/h6,8,10,14,17H,7,9,11-13,15H2,1-5H3. The molecule has 1 saturated heterocycles. The fourth-order valence-corrected chi connectivity index (χ4v) is 4.43. The molecule has 1 aromatic carbocycles. The first kappa shape index (κ1) is 19.4. The summed E-state index contributed by atoms with van der Waals surface area (Å²) in [6, 6.07) is 7.38. The largest absolute Gasteiger partial charge is 0.299 e. The van der Waals surface area contributed by atoms with Gasteiger partial charge in [-0.25, -0.2) is 12.7 Å². The van der Waals surface area contributed by atoms with E-state index in [9.17, 15) is 8.42 Å². The smallest absolute Gasteiger partial charge is 0.242 e. The Morgan fingerprint density at radius 2 is 1.88 bits per heavy atom. The maximum Gasteiger partial charge on any atom is 0.242 e. The summed E-state index contributed by atoms with van der Waals surface area (Å²) in [6.45, 7) is 10.0. The molecule has 1 unspecified atom stereocenters. The summed E-state index contributed by atoms with van der Waals surface area (Å²) in [7, 11) is -0.215. The Bertz CT molecular complexity index is 648. The van der Waals surface area contributed by atoms with Crippen LogP contribution in [0.25, 0.3) is 0 Å². The molecule has 1 aliphatic rings. The van der Waals surface area contributed by atoms with Crippen molar-refractivity contribution in [2.45, 2.75) is 51.5 Å². The van der Waals surface area contributed by atoms with Gasteiger partial charge in [0.15, 0.2) is 0 Å². The average Bonchev–Trinajstić information content (AvgIpc) is 2.72. The zero-order valence-corrected chi connectivity index (χ0v) is 16.6. The molecule has 1 heterocycles. The molecule has 5 heteroatoms. The lowest BCUT2D eigenvalue weighted by molar-refractivity contribution is 0.206. The molecule has 0 saturated carbocycles. The summed E-state index contributed by atoms with van der Waals surface area (Å²) in [5.74, 6) is 0.767. The molecule has 136 valence electrons. The molecular formula is C19H32N2O2S. The number of rotatable bonds is 4. The summed E-state index contributed by atoms with van der Waals surface area (Å²) in [5, 5.41) is 0. The van der Waals surface area contributed by atoms with Gasteiger partial charge < -0.3 is 0 Å². The molecule has 1 atom stereocenters. The highest BCUT2D eigenvalue weighted by Crippen LogP contribution is 2.34. The minimum Gasteiger partial charge on any atom is -0.299 e. The molecule has 0 aliphatic carbocycles. The van der Waals surface area contributed by atoms with Gasteiger partial charge in [0.1, 0.15) is 0 Å². The molecule has 2 rings (SSSR count). The molecule has 1 aliphatic heterocycles. The van der Waals surface area contributed by atoms with E-state index in [1.807, 2.05) is 18.2 Å². The second-order valence-corrected chi connectivity index (χ2v) is 10.4. The first-order chi connectivity index (χ1) is 11.1. The van der Waals surface area contributed by atoms with Gasteiger partial charge in [-0.3, -0.25) is 4.90 Å². The van der Waals surface area contributed by atoms with Crippen LogP contribution in [0.3, 0.4) is 0 Å². The Morgan fingerprint density at radius 1 is 1.17 bits per heavy atom. The van der Waals surface area contributed by atoms with E-state index in [1.54, 1.807) is 20.2 Å². The molecule has 0 radical (unpaired) electrons. The number of benzene rings is 1. The zero-order chi connectivity index (χ0) is 18.0. The minimum atomic E-state index is -3.36. The van der Waals surface area contributed by atoms with E-state index in [-0.39, 0.29) is 0 Å². The second kappa shape index (κ2) is 7.54. The third kappa shape index (κ3) is 4.80. The average molecular weight is 353 g/mol. The quantitative estimate of drug-likeness (QED) is 0.831. The minimum absolute atomic E-state index is 0.371. The molecule has 24 heavy (non-hydrogen) atoms. The van der Waals surface area contributed by atoms with Crippen LogP contribution in [0.5, 0.6) is 0 Å². The lowest BCUT2D eigenvalue weighted by atomic mass is 9.77. The first-order valence-corrected chi connectivity index (χ1v) is 10.3. The summed E-state index contributed by atoms with van der Waals surface area (Å²) in [6.07, 6.45) is 3.73. The van der Waals surface area contributed by atoms with Crippen molar-refractivity contribution in [3.05, 3.63) is 29.8 Å². The van der Waals surface area contributed by atoms with Crippen molar-refractivity contribution in [1.82, 2.24) is 9.21 Å². The number of nitrogens with zero attached hydrogens (tertiary/aromatic N) is 2. The van der Waals surface area contributed by atoms with E-state index in [0.717, 1.165) is 31.1 Å². The summed E-state index contributed by atoms with van der Waals surface area (Å²) >= 11 is 0. The lowest BCUT2D eigenvalue weighted by Crippen LogP contribution is -2.26. The summed E-state index contributed by atoms with van der Waals surface area (Å²) in [5.41, 5.74) is 1.45. The third-order valence-corrected chi connectivity index (χ3v) is 6.94. The molecular weight excluding hydrogens is 320 g/mol. The maximum atomic E-state index is 12.3. The molecule has 4 nitrogen and oxygen atoms in total. The van der Waals surface area contributed by atoms with Gasteiger partial charge in [0.2, 0.25) is 10.0 Å². The van der Waals surface area contributed by atoms with Crippen molar-refractivity contribution < 1.29 is 8.42 Å². The molecule has 0 N–H and O–H groups in total. The van der Waals surface area contributed by atoms with Gasteiger partial charge in [-0.1, -0.05) is 32.9 Å². The van der Waals surface area contributed by atoms with E-state index in [0.29, 0.717) is 10.3 Å². The first-order valence-electron chi connectivity index (χ1n) is 8.84. The van der Waals surface area contributed by atoms with Gasteiger partial charge in [-0.2, -0.15) is 0 Å². The van der Waals surface area contributed by atoms with Crippen molar-refractivity contribution in [2.75, 3.05) is 27.2 Å². The topological polar surface area (TPSA) is 40.6 Å². The second-order valence-electron chi connectivity index (χ2n) is 8.20. The van der Waals surface area contributed by atoms with Crippen LogP contribution in [-0.4, -0.2) is 44.8 Å². The van der Waals surface area contributed by atoms with Gasteiger partial charge in [0.05, 0.1) is 4.90 Å². The predicted molar refractivity (Wildman–Crippen MR) is 99.4 cm³/mol. The monoisotopic (exact) mass is 352 g/mol. The molecule has 1 aromatic rings. The number of hydrogen-bond acceptors (Lipinski definition) is 3. The lowest BCUT2D eigenvalue weighted by Gasteiger charge is -2.29. The van der Waals surface area contributed by atoms with Gasteiger partial charge in [0.25, 0.3) is 0 Å². The Morgan fingerprint density at radius 3 is 2.50 bits per heavy atom. The molecule has 0 spiro atoms. The van der Waals surface area contributed by atoms with Crippen LogP contribution in [0.4, 0.5) is 0 Å². The van der Waals surface area contributed by atoms with E-state index >= 15 is 0 Å². The highest BCUT2D eigenvalue weighted by Gasteiger charge is 2.27. The normalized spacial score (nSPS) is 21.0. The molecule has 0 amide bonds. The van der Waals surface area contributed by atoms with Crippen LogP contribution in [0.2, 0.25) is 0 Å². The van der Waals surface area contributed by atoms with Crippen LogP contribution < -0.4 is 0 Å². The Kier molecular flexibility index (Phi) is 6.10. The Balaban J connectivity index is 2.07. The van der Waals surface area contributed by atoms with Crippen LogP contribution >= 0.6 is 0 Å². The fraction of sp³-hybridized carbons (Fsp3) is 0.684. The van der Waals surface area contributed by atoms with E-state index in [4.69, 9.17) is 0 Å². The SMILES string of the molecule is CN(C)S(=O)(=O)c1cccc(CN2CCCC(C(C)(C)C)CC2)c1. The van der Waals surface area contributed by atoms with Crippen molar-refractivity contribution in [1.29, 1.82) is 0 Å². The number of likely N-dealkylation sites (tertiary alicyclic amines) is 1. The molecule has 0 bridgehead atoms. The van der Waals surface area contributed by atoms with Crippen LogP contribution in [0, 0.1) is 11.3 Å². The summed E-state index contributed by atoms with van der Waals surface area (Å²) < 4.78 is 25.9. The van der Waals surface area contributed by atoms with Gasteiger partial charge in [-0.05, 0) is 61.4 Å². The van der Waals surface area contributed by atoms with Gasteiger partial charge >= 0.3 is 0 Å². The van der Waals surface area contributed by atoms with E-state index in [1.165, 1.54) is 23.6 Å². The fourth-order valence-electron chi connectivity index (χ4n) is 3.45. The predicted octanol–water partition coefficient (Wildman–Crippen LogP) is 3.59. The van der Waals surface area contributed by atoms with Crippen LogP contribution in [0.1, 0.15) is 45.6 Å². The van der Waals surface area contributed by atoms with Crippen molar-refractivity contribution >= 4 is 10.0 Å². The highest BCUT2D eigenvalue weighted by atomic mass is 32.2.